The summed E-state index contributed by atoms with van der Waals surface area (Å²) in [5, 5.41) is 9.47. The summed E-state index contributed by atoms with van der Waals surface area (Å²) in [6.45, 7) is 0.393. The summed E-state index contributed by atoms with van der Waals surface area (Å²) in [4.78, 5) is 0.0183. The standard InChI is InChI=1S/C11H15BrN2O4S/c1-18-10-4-8(12)9(13)5-11(10)19(16,17)14-3-2-7(15)6-14/h4-5,7,15H,2-3,6,13H2,1H3/t7-/m0/s1. The van der Waals surface area contributed by atoms with Crippen LogP contribution in [0.2, 0.25) is 0 Å². The number of rotatable bonds is 3. The summed E-state index contributed by atoms with van der Waals surface area (Å²) in [5.41, 5.74) is 6.05. The van der Waals surface area contributed by atoms with Crippen LogP contribution in [0, 0.1) is 0 Å². The van der Waals surface area contributed by atoms with Gasteiger partial charge in [-0.3, -0.25) is 0 Å². The van der Waals surface area contributed by atoms with Gasteiger partial charge in [0.25, 0.3) is 0 Å². The highest BCUT2D eigenvalue weighted by Gasteiger charge is 2.33. The molecule has 1 saturated heterocycles. The van der Waals surface area contributed by atoms with E-state index in [0.29, 0.717) is 23.1 Å². The number of hydrogen-bond acceptors (Lipinski definition) is 5. The largest absolute Gasteiger partial charge is 0.495 e. The number of methoxy groups -OCH3 is 1. The first kappa shape index (κ1) is 14.6. The second-order valence-electron chi connectivity index (χ2n) is 4.33. The van der Waals surface area contributed by atoms with Gasteiger partial charge in [-0.25, -0.2) is 8.42 Å². The van der Waals surface area contributed by atoms with Crippen molar-refractivity contribution in [1.29, 1.82) is 0 Å². The Morgan fingerprint density at radius 2 is 2.21 bits per heavy atom. The van der Waals surface area contributed by atoms with Gasteiger partial charge in [0.2, 0.25) is 10.0 Å². The normalized spacial score (nSPS) is 20.7. The van der Waals surface area contributed by atoms with Gasteiger partial charge in [0.1, 0.15) is 10.6 Å². The number of sulfonamides is 1. The lowest BCUT2D eigenvalue weighted by molar-refractivity contribution is 0.189. The van der Waals surface area contributed by atoms with Gasteiger partial charge in [-0.15, -0.1) is 0 Å². The molecule has 1 atom stereocenters. The fourth-order valence-electron chi connectivity index (χ4n) is 1.98. The molecule has 6 nitrogen and oxygen atoms in total. The Morgan fingerprint density at radius 1 is 1.53 bits per heavy atom. The van der Waals surface area contributed by atoms with Crippen molar-refractivity contribution in [1.82, 2.24) is 4.31 Å². The van der Waals surface area contributed by atoms with E-state index in [9.17, 15) is 13.5 Å². The first-order valence-corrected chi connectivity index (χ1v) is 7.90. The lowest BCUT2D eigenvalue weighted by Gasteiger charge is -2.18. The zero-order valence-electron chi connectivity index (χ0n) is 10.3. The fourth-order valence-corrected chi connectivity index (χ4v) is 3.97. The Labute approximate surface area is 120 Å². The summed E-state index contributed by atoms with van der Waals surface area (Å²) < 4.78 is 31.9. The average Bonchev–Trinajstić information content (AvgIpc) is 2.79. The van der Waals surface area contributed by atoms with Gasteiger partial charge in [0, 0.05) is 23.2 Å². The van der Waals surface area contributed by atoms with Gasteiger partial charge >= 0.3 is 0 Å². The van der Waals surface area contributed by atoms with Gasteiger partial charge in [-0.1, -0.05) is 0 Å². The van der Waals surface area contributed by atoms with Crippen molar-refractivity contribution in [3.05, 3.63) is 16.6 Å². The van der Waals surface area contributed by atoms with Crippen LogP contribution in [0.15, 0.2) is 21.5 Å². The molecule has 1 heterocycles. The molecule has 0 spiro atoms. The van der Waals surface area contributed by atoms with E-state index in [4.69, 9.17) is 10.5 Å². The number of aliphatic hydroxyl groups excluding tert-OH is 1. The van der Waals surface area contributed by atoms with E-state index in [1.807, 2.05) is 0 Å². The smallest absolute Gasteiger partial charge is 0.246 e. The summed E-state index contributed by atoms with van der Waals surface area (Å²) in [6, 6.07) is 2.89. The van der Waals surface area contributed by atoms with Crippen molar-refractivity contribution in [3.8, 4) is 5.75 Å². The minimum atomic E-state index is -3.71. The number of hydrogen-bond donors (Lipinski definition) is 2. The topological polar surface area (TPSA) is 92.9 Å². The number of halogens is 1. The molecule has 0 saturated carbocycles. The van der Waals surface area contributed by atoms with Gasteiger partial charge < -0.3 is 15.6 Å². The molecule has 8 heteroatoms. The molecule has 1 aliphatic heterocycles. The molecule has 1 fully saturated rings. The van der Waals surface area contributed by atoms with E-state index in [1.54, 1.807) is 0 Å². The summed E-state index contributed by atoms with van der Waals surface area (Å²) >= 11 is 3.23. The Hall–Kier alpha value is -0.830. The van der Waals surface area contributed by atoms with Crippen LogP contribution in [0.4, 0.5) is 5.69 Å². The predicted octanol–water partition coefficient (Wildman–Crippen LogP) is 0.795. The number of aliphatic hydroxyl groups is 1. The van der Waals surface area contributed by atoms with E-state index in [1.165, 1.54) is 23.5 Å². The van der Waals surface area contributed by atoms with Crippen LogP contribution in [0.1, 0.15) is 6.42 Å². The lowest BCUT2D eigenvalue weighted by atomic mass is 10.3. The number of anilines is 1. The number of nitrogens with two attached hydrogens (primary N) is 1. The van der Waals surface area contributed by atoms with Crippen LogP contribution < -0.4 is 10.5 Å². The van der Waals surface area contributed by atoms with Crippen molar-refractivity contribution in [3.63, 3.8) is 0 Å². The summed E-state index contributed by atoms with van der Waals surface area (Å²) in [6.07, 6.45) is -0.179. The first-order chi connectivity index (χ1) is 8.86. The monoisotopic (exact) mass is 350 g/mol. The number of nitrogens with zero attached hydrogens (tertiary/aromatic N) is 1. The minimum absolute atomic E-state index is 0.0183. The molecule has 0 aromatic heterocycles. The van der Waals surface area contributed by atoms with E-state index in [2.05, 4.69) is 15.9 Å². The molecule has 106 valence electrons. The van der Waals surface area contributed by atoms with Crippen LogP contribution in [0.3, 0.4) is 0 Å². The van der Waals surface area contributed by atoms with Crippen molar-refractivity contribution >= 4 is 31.6 Å². The van der Waals surface area contributed by atoms with Gasteiger partial charge in [0.05, 0.1) is 13.2 Å². The molecule has 2 rings (SSSR count). The maximum Gasteiger partial charge on any atom is 0.246 e. The third-order valence-corrected chi connectivity index (χ3v) is 5.60. The van der Waals surface area contributed by atoms with Crippen LogP contribution in [-0.4, -0.2) is 44.1 Å². The van der Waals surface area contributed by atoms with Gasteiger partial charge in [-0.2, -0.15) is 4.31 Å². The second kappa shape index (κ2) is 5.28. The number of β-amino-alcohol motifs (C(OH)–C–C–N with tert-alkyl or cyclic N) is 1. The molecule has 1 aromatic rings. The van der Waals surface area contributed by atoms with E-state index in [0.717, 1.165) is 0 Å². The number of ether oxygens (including phenoxy) is 1. The van der Waals surface area contributed by atoms with E-state index < -0.39 is 16.1 Å². The third kappa shape index (κ3) is 2.71. The molecule has 0 unspecified atom stereocenters. The minimum Gasteiger partial charge on any atom is -0.495 e. The Morgan fingerprint density at radius 3 is 2.74 bits per heavy atom. The predicted molar refractivity (Wildman–Crippen MR) is 74.5 cm³/mol. The molecule has 0 radical (unpaired) electrons. The third-order valence-electron chi connectivity index (χ3n) is 3.03. The quantitative estimate of drug-likeness (QED) is 0.786. The Balaban J connectivity index is 2.48. The fraction of sp³-hybridized carbons (Fsp3) is 0.455. The molecule has 0 aliphatic carbocycles. The molecule has 1 aromatic carbocycles. The van der Waals surface area contributed by atoms with E-state index >= 15 is 0 Å². The highest BCUT2D eigenvalue weighted by atomic mass is 79.9. The molecule has 1 aliphatic rings. The molecule has 19 heavy (non-hydrogen) atoms. The zero-order chi connectivity index (χ0) is 14.2. The van der Waals surface area contributed by atoms with E-state index in [-0.39, 0.29) is 17.2 Å². The van der Waals surface area contributed by atoms with Crippen molar-refractivity contribution in [2.24, 2.45) is 0 Å². The van der Waals surface area contributed by atoms with Crippen molar-refractivity contribution in [2.75, 3.05) is 25.9 Å². The van der Waals surface area contributed by atoms with Crippen molar-refractivity contribution < 1.29 is 18.3 Å². The highest BCUT2D eigenvalue weighted by Crippen LogP contribution is 2.34. The first-order valence-electron chi connectivity index (χ1n) is 5.67. The lowest BCUT2D eigenvalue weighted by Crippen LogP contribution is -2.30. The SMILES string of the molecule is COc1cc(Br)c(N)cc1S(=O)(=O)N1CC[C@H](O)C1. The Kier molecular flexibility index (Phi) is 4.05. The van der Waals surface area contributed by atoms with Crippen molar-refractivity contribution in [2.45, 2.75) is 17.4 Å². The molecule has 0 amide bonds. The molecular formula is C11H15BrN2O4S. The maximum atomic E-state index is 12.5. The molecule has 0 bridgehead atoms. The molecular weight excluding hydrogens is 336 g/mol. The van der Waals surface area contributed by atoms with Gasteiger partial charge in [-0.05, 0) is 34.5 Å². The average molecular weight is 351 g/mol. The van der Waals surface area contributed by atoms with Crippen LogP contribution in [-0.2, 0) is 10.0 Å². The number of nitrogen functional groups attached to an aromatic ring is 1. The maximum absolute atomic E-state index is 12.5. The zero-order valence-corrected chi connectivity index (χ0v) is 12.7. The van der Waals surface area contributed by atoms with Crippen LogP contribution in [0.5, 0.6) is 5.75 Å². The Bertz CT molecular complexity index is 591. The van der Waals surface area contributed by atoms with Crippen LogP contribution >= 0.6 is 15.9 Å². The highest BCUT2D eigenvalue weighted by molar-refractivity contribution is 9.10. The summed E-state index contributed by atoms with van der Waals surface area (Å²) in [5.74, 6) is 0.225. The van der Waals surface area contributed by atoms with Crippen LogP contribution in [0.25, 0.3) is 0 Å². The van der Waals surface area contributed by atoms with Gasteiger partial charge in [0.15, 0.2) is 0 Å². The summed E-state index contributed by atoms with van der Waals surface area (Å²) in [7, 11) is -2.31. The number of benzene rings is 1. The second-order valence-corrected chi connectivity index (χ2v) is 7.09. The molecule has 3 N–H and O–H groups in total.